The second kappa shape index (κ2) is 38.8. The molecule has 5 nitrogen and oxygen atoms in total. The molecule has 0 bridgehead atoms. The molecule has 0 aliphatic rings. The SMILES string of the molecule is CCCCCCCCCCCC(=O)O.CCCCCCCCCCCC(=O)O.CCC[CH2][Sn][CH2]CC(C)O. The molecule has 0 saturated heterocycles. The summed E-state index contributed by atoms with van der Waals surface area (Å²) in [5.41, 5.74) is 0. The minimum absolute atomic E-state index is 0.0473. The van der Waals surface area contributed by atoms with Gasteiger partial charge < -0.3 is 10.2 Å². The van der Waals surface area contributed by atoms with E-state index in [1.165, 1.54) is 112 Å². The Bertz CT molecular complexity index is 425. The number of unbranched alkanes of at least 4 members (excludes halogenated alkanes) is 17. The number of aliphatic carboxylic acids is 2. The molecule has 0 aromatic heterocycles. The first-order valence-corrected chi connectivity index (χ1v) is 20.2. The van der Waals surface area contributed by atoms with Crippen LogP contribution in [0, 0.1) is 0 Å². The molecule has 0 amide bonds. The van der Waals surface area contributed by atoms with Crippen LogP contribution in [0.15, 0.2) is 0 Å². The van der Waals surface area contributed by atoms with E-state index in [1.54, 1.807) is 0 Å². The van der Waals surface area contributed by atoms with E-state index >= 15 is 0 Å². The van der Waals surface area contributed by atoms with Gasteiger partial charge in [0.1, 0.15) is 0 Å². The zero-order chi connectivity index (χ0) is 29.1. The van der Waals surface area contributed by atoms with E-state index in [4.69, 9.17) is 15.3 Å². The minimum atomic E-state index is -0.659. The third-order valence-corrected chi connectivity index (χ3v) is 10.3. The molecular weight excluding hydrogens is 583 g/mol. The van der Waals surface area contributed by atoms with Gasteiger partial charge in [-0.15, -0.1) is 0 Å². The Labute approximate surface area is 247 Å². The first-order chi connectivity index (χ1) is 18.3. The number of aliphatic hydroxyl groups excluding tert-OH is 1. The van der Waals surface area contributed by atoms with Crippen molar-refractivity contribution >= 4 is 33.1 Å². The molecule has 0 fully saturated rings. The molecule has 0 spiro atoms. The van der Waals surface area contributed by atoms with E-state index in [2.05, 4.69) is 20.8 Å². The second-order valence-corrected chi connectivity index (χ2v) is 15.0. The molecule has 2 radical (unpaired) electrons. The maximum atomic E-state index is 10.2. The van der Waals surface area contributed by atoms with E-state index in [1.807, 2.05) is 6.92 Å². The number of rotatable bonds is 26. The molecule has 0 saturated carbocycles. The molecule has 0 heterocycles. The Hall–Kier alpha value is -0.301. The molecule has 0 aliphatic heterocycles. The van der Waals surface area contributed by atoms with Gasteiger partial charge in [0.2, 0.25) is 0 Å². The molecule has 3 N–H and O–H groups in total. The number of hydrogen-bond acceptors (Lipinski definition) is 3. The van der Waals surface area contributed by atoms with Crippen LogP contribution in [0.4, 0.5) is 0 Å². The fraction of sp³-hybridized carbons (Fsp3) is 0.938. The van der Waals surface area contributed by atoms with Crippen LogP contribution in [0.1, 0.15) is 175 Å². The summed E-state index contributed by atoms with van der Waals surface area (Å²) < 4.78 is 2.87. The number of carbonyl (C=O) groups is 2. The summed E-state index contributed by atoms with van der Waals surface area (Å²) in [6, 6.07) is 0. The van der Waals surface area contributed by atoms with E-state index < -0.39 is 11.9 Å². The third-order valence-electron chi connectivity index (χ3n) is 6.43. The van der Waals surface area contributed by atoms with Gasteiger partial charge in [-0.2, -0.15) is 0 Å². The number of hydrogen-bond donors (Lipinski definition) is 3. The van der Waals surface area contributed by atoms with Crippen LogP contribution < -0.4 is 0 Å². The van der Waals surface area contributed by atoms with E-state index in [0.717, 1.165) is 32.1 Å². The molecule has 228 valence electrons. The molecule has 1 atom stereocenters. The number of carboxylic acid groups (broad SMARTS) is 2. The first kappa shape index (κ1) is 42.2. The standard InChI is InChI=1S/2C12H24O2.C4H9O.C4H9.Sn/c2*1-2-3-4-5-6-7-8-9-10-11-12(13)14;1-3-4(2)5;1-3-4-2;/h2*2-11H2,1H3,(H,13,14);4-5H,1,3H2,2H3;1,3-4H2,2H3;. The predicted octanol–water partition coefficient (Wildman–Crippen LogP) is 10.1. The molecule has 1 unspecified atom stereocenters. The van der Waals surface area contributed by atoms with Gasteiger partial charge >= 0.3 is 86.3 Å². The van der Waals surface area contributed by atoms with Crippen molar-refractivity contribution in [1.29, 1.82) is 0 Å². The maximum absolute atomic E-state index is 10.2. The molecule has 0 aliphatic carbocycles. The van der Waals surface area contributed by atoms with Crippen molar-refractivity contribution in [3.63, 3.8) is 0 Å². The van der Waals surface area contributed by atoms with Crippen molar-refractivity contribution in [2.75, 3.05) is 0 Å². The first-order valence-electron chi connectivity index (χ1n) is 16.1. The Balaban J connectivity index is -0.000000492. The summed E-state index contributed by atoms with van der Waals surface area (Å²) in [6.07, 6.45) is 26.7. The van der Waals surface area contributed by atoms with Crippen molar-refractivity contribution in [3.8, 4) is 0 Å². The van der Waals surface area contributed by atoms with Gasteiger partial charge in [-0.05, 0) is 12.8 Å². The van der Waals surface area contributed by atoms with Crippen LogP contribution in [-0.2, 0) is 9.59 Å². The van der Waals surface area contributed by atoms with Crippen LogP contribution in [0.5, 0.6) is 0 Å². The number of aliphatic hydroxyl groups is 1. The zero-order valence-electron chi connectivity index (χ0n) is 25.9. The summed E-state index contributed by atoms with van der Waals surface area (Å²) in [4.78, 5) is 20.4. The monoisotopic (exact) mass is 650 g/mol. The summed E-state index contributed by atoms with van der Waals surface area (Å²) >= 11 is -0.0473. The Morgan fingerprint density at radius 1 is 0.526 bits per heavy atom. The van der Waals surface area contributed by atoms with Crippen LogP contribution in [0.3, 0.4) is 0 Å². The summed E-state index contributed by atoms with van der Waals surface area (Å²) in [7, 11) is 0. The second-order valence-electron chi connectivity index (χ2n) is 10.7. The van der Waals surface area contributed by atoms with Crippen LogP contribution in [-0.4, -0.2) is 54.5 Å². The van der Waals surface area contributed by atoms with E-state index in [-0.39, 0.29) is 27.2 Å². The summed E-state index contributed by atoms with van der Waals surface area (Å²) in [5.74, 6) is -1.32. The average Bonchev–Trinajstić information content (AvgIpc) is 2.87. The fourth-order valence-corrected chi connectivity index (χ4v) is 8.12. The topological polar surface area (TPSA) is 94.8 Å². The van der Waals surface area contributed by atoms with Crippen molar-refractivity contribution in [3.05, 3.63) is 0 Å². The van der Waals surface area contributed by atoms with Gasteiger partial charge in [-0.3, -0.25) is 9.59 Å². The third kappa shape index (κ3) is 52.2. The van der Waals surface area contributed by atoms with Gasteiger partial charge in [0.25, 0.3) is 0 Å². The molecule has 0 aromatic rings. The van der Waals surface area contributed by atoms with Crippen LogP contribution in [0.2, 0.25) is 8.87 Å². The summed E-state index contributed by atoms with van der Waals surface area (Å²) in [6.45, 7) is 8.59. The van der Waals surface area contributed by atoms with Crippen molar-refractivity contribution in [1.82, 2.24) is 0 Å². The predicted molar refractivity (Wildman–Crippen MR) is 166 cm³/mol. The van der Waals surface area contributed by atoms with Gasteiger partial charge in [0, 0.05) is 12.8 Å². The molecule has 6 heteroatoms. The summed E-state index contributed by atoms with van der Waals surface area (Å²) in [5, 5.41) is 25.8. The van der Waals surface area contributed by atoms with Gasteiger partial charge in [0.15, 0.2) is 0 Å². The van der Waals surface area contributed by atoms with Crippen molar-refractivity contribution in [2.45, 2.75) is 190 Å². The Morgan fingerprint density at radius 3 is 1.13 bits per heavy atom. The van der Waals surface area contributed by atoms with Gasteiger partial charge in [0.05, 0.1) is 0 Å². The van der Waals surface area contributed by atoms with E-state index in [0.29, 0.717) is 12.8 Å². The Morgan fingerprint density at radius 2 is 0.842 bits per heavy atom. The van der Waals surface area contributed by atoms with Crippen LogP contribution >= 0.6 is 0 Å². The zero-order valence-corrected chi connectivity index (χ0v) is 28.8. The van der Waals surface area contributed by atoms with E-state index in [9.17, 15) is 9.59 Å². The van der Waals surface area contributed by atoms with Gasteiger partial charge in [-0.25, -0.2) is 0 Å². The normalized spacial score (nSPS) is 11.2. The fourth-order valence-electron chi connectivity index (χ4n) is 3.91. The number of carboxylic acids is 2. The molecular formula is C32H66O5Sn. The van der Waals surface area contributed by atoms with Crippen LogP contribution in [0.25, 0.3) is 0 Å². The van der Waals surface area contributed by atoms with Gasteiger partial charge in [-0.1, -0.05) is 117 Å². The molecule has 0 aromatic carbocycles. The quantitative estimate of drug-likeness (QED) is 0.0641. The molecule has 38 heavy (non-hydrogen) atoms. The molecule has 0 rings (SSSR count). The Kier molecular flexibility index (Phi) is 43.1. The van der Waals surface area contributed by atoms with Crippen molar-refractivity contribution in [2.24, 2.45) is 0 Å². The van der Waals surface area contributed by atoms with Crippen molar-refractivity contribution < 1.29 is 24.9 Å². The average molecular weight is 650 g/mol.